The fourth-order valence-electron chi connectivity index (χ4n) is 2.14. The van der Waals surface area contributed by atoms with Crippen LogP contribution in [0.3, 0.4) is 0 Å². The van der Waals surface area contributed by atoms with E-state index in [1.807, 2.05) is 32.3 Å². The molecule has 0 aromatic carbocycles. The van der Waals surface area contributed by atoms with Crippen LogP contribution < -0.4 is 5.73 Å². The van der Waals surface area contributed by atoms with E-state index in [0.29, 0.717) is 0 Å². The Balaban J connectivity index is 2.17. The Hall–Kier alpha value is -1.55. The van der Waals surface area contributed by atoms with Crippen molar-refractivity contribution in [1.29, 1.82) is 0 Å². The number of imidazole rings is 1. The summed E-state index contributed by atoms with van der Waals surface area (Å²) in [4.78, 5) is 4.34. The van der Waals surface area contributed by atoms with Gasteiger partial charge in [0.25, 0.3) is 0 Å². The van der Waals surface area contributed by atoms with Crippen molar-refractivity contribution in [2.75, 3.05) is 0 Å². The molecule has 1 atom stereocenters. The van der Waals surface area contributed by atoms with Crippen LogP contribution in [0.2, 0.25) is 0 Å². The van der Waals surface area contributed by atoms with Crippen LogP contribution in [0.4, 0.5) is 0 Å². The first-order valence-corrected chi connectivity index (χ1v) is 5.94. The van der Waals surface area contributed by atoms with E-state index in [-0.39, 0.29) is 6.04 Å². The number of hydrogen-bond acceptors (Lipinski definition) is 3. The lowest BCUT2D eigenvalue weighted by molar-refractivity contribution is 0.496. The zero-order valence-corrected chi connectivity index (χ0v) is 10.6. The van der Waals surface area contributed by atoms with E-state index in [0.717, 1.165) is 35.9 Å². The highest BCUT2D eigenvalue weighted by Crippen LogP contribution is 2.22. The van der Waals surface area contributed by atoms with E-state index in [4.69, 9.17) is 10.2 Å². The molecule has 0 spiro atoms. The second-order valence-electron chi connectivity index (χ2n) is 4.31. The fraction of sp³-hybridized carbons (Fsp3) is 0.462. The average Bonchev–Trinajstić information content (AvgIpc) is 2.84. The lowest BCUT2D eigenvalue weighted by Crippen LogP contribution is -2.16. The Bertz CT molecular complexity index is 498. The molecule has 2 rings (SSSR count). The van der Waals surface area contributed by atoms with Gasteiger partial charge in [-0.05, 0) is 26.8 Å². The van der Waals surface area contributed by atoms with Gasteiger partial charge < -0.3 is 14.7 Å². The summed E-state index contributed by atoms with van der Waals surface area (Å²) in [5.41, 5.74) is 7.29. The summed E-state index contributed by atoms with van der Waals surface area (Å²) in [5, 5.41) is 0. The summed E-state index contributed by atoms with van der Waals surface area (Å²) in [6, 6.07) is 1.96. The van der Waals surface area contributed by atoms with Gasteiger partial charge in [-0.15, -0.1) is 0 Å². The minimum Gasteiger partial charge on any atom is -0.466 e. The number of hydrogen-bond donors (Lipinski definition) is 1. The molecule has 92 valence electrons. The van der Waals surface area contributed by atoms with E-state index in [9.17, 15) is 0 Å². The first kappa shape index (κ1) is 11.9. The van der Waals surface area contributed by atoms with Gasteiger partial charge in [0, 0.05) is 37.0 Å². The van der Waals surface area contributed by atoms with Crippen molar-refractivity contribution in [3.8, 4) is 0 Å². The monoisotopic (exact) mass is 233 g/mol. The topological polar surface area (TPSA) is 57.0 Å². The van der Waals surface area contributed by atoms with Gasteiger partial charge in [-0.2, -0.15) is 0 Å². The molecule has 0 radical (unpaired) electrons. The maximum Gasteiger partial charge on any atom is 0.110 e. The normalized spacial score (nSPS) is 12.9. The molecule has 4 heteroatoms. The van der Waals surface area contributed by atoms with Crippen LogP contribution in [-0.4, -0.2) is 9.55 Å². The van der Waals surface area contributed by atoms with Crippen LogP contribution in [0.25, 0.3) is 0 Å². The molecule has 0 saturated heterocycles. The smallest absolute Gasteiger partial charge is 0.110 e. The maximum absolute atomic E-state index is 6.21. The van der Waals surface area contributed by atoms with Gasteiger partial charge in [-0.1, -0.05) is 0 Å². The Morgan fingerprint density at radius 2 is 2.24 bits per heavy atom. The molecule has 0 bridgehead atoms. The van der Waals surface area contributed by atoms with Crippen LogP contribution in [0.1, 0.15) is 35.9 Å². The largest absolute Gasteiger partial charge is 0.466 e. The quantitative estimate of drug-likeness (QED) is 0.882. The SMILES string of the molecule is CCn1ccnc1CC(N)c1cc(C)oc1C. The summed E-state index contributed by atoms with van der Waals surface area (Å²) in [5.74, 6) is 2.84. The van der Waals surface area contributed by atoms with Crippen molar-refractivity contribution < 1.29 is 4.42 Å². The van der Waals surface area contributed by atoms with Gasteiger partial charge in [0.15, 0.2) is 0 Å². The van der Waals surface area contributed by atoms with Gasteiger partial charge >= 0.3 is 0 Å². The van der Waals surface area contributed by atoms with Crippen LogP contribution in [0.15, 0.2) is 22.9 Å². The van der Waals surface area contributed by atoms with Crippen LogP contribution in [-0.2, 0) is 13.0 Å². The third-order valence-electron chi connectivity index (χ3n) is 3.02. The molecule has 2 aromatic heterocycles. The second-order valence-corrected chi connectivity index (χ2v) is 4.31. The minimum absolute atomic E-state index is 0.0554. The molecule has 17 heavy (non-hydrogen) atoms. The molecule has 0 saturated carbocycles. The molecule has 0 aliphatic carbocycles. The highest BCUT2D eigenvalue weighted by Gasteiger charge is 2.15. The number of nitrogens with two attached hydrogens (primary N) is 1. The number of rotatable bonds is 4. The molecule has 4 nitrogen and oxygen atoms in total. The van der Waals surface area contributed by atoms with E-state index in [2.05, 4.69) is 16.5 Å². The van der Waals surface area contributed by atoms with Gasteiger partial charge in [-0.25, -0.2) is 4.98 Å². The molecular weight excluding hydrogens is 214 g/mol. The zero-order chi connectivity index (χ0) is 12.4. The number of furan rings is 1. The summed E-state index contributed by atoms with van der Waals surface area (Å²) >= 11 is 0. The van der Waals surface area contributed by atoms with Crippen molar-refractivity contribution in [3.05, 3.63) is 41.4 Å². The molecule has 0 aliphatic rings. The molecule has 2 heterocycles. The lowest BCUT2D eigenvalue weighted by Gasteiger charge is -2.11. The summed E-state index contributed by atoms with van der Waals surface area (Å²) in [6.45, 7) is 6.92. The molecule has 2 N–H and O–H groups in total. The zero-order valence-electron chi connectivity index (χ0n) is 10.6. The fourth-order valence-corrected chi connectivity index (χ4v) is 2.14. The van der Waals surface area contributed by atoms with Crippen LogP contribution in [0.5, 0.6) is 0 Å². The van der Waals surface area contributed by atoms with Gasteiger partial charge in [0.2, 0.25) is 0 Å². The van der Waals surface area contributed by atoms with E-state index < -0.39 is 0 Å². The highest BCUT2D eigenvalue weighted by molar-refractivity contribution is 5.24. The maximum atomic E-state index is 6.21. The van der Waals surface area contributed by atoms with Gasteiger partial charge in [0.1, 0.15) is 17.3 Å². The molecule has 2 aromatic rings. The summed E-state index contributed by atoms with van der Waals surface area (Å²) in [6.07, 6.45) is 4.54. The Labute approximate surface area is 101 Å². The Morgan fingerprint density at radius 3 is 2.82 bits per heavy atom. The second kappa shape index (κ2) is 4.75. The van der Waals surface area contributed by atoms with Gasteiger partial charge in [-0.3, -0.25) is 0 Å². The van der Waals surface area contributed by atoms with Crippen LogP contribution in [0, 0.1) is 13.8 Å². The van der Waals surface area contributed by atoms with E-state index >= 15 is 0 Å². The molecule has 0 fully saturated rings. The highest BCUT2D eigenvalue weighted by atomic mass is 16.3. The predicted molar refractivity (Wildman–Crippen MR) is 66.7 cm³/mol. The van der Waals surface area contributed by atoms with Gasteiger partial charge in [0.05, 0.1) is 0 Å². The van der Waals surface area contributed by atoms with Crippen molar-refractivity contribution in [2.24, 2.45) is 5.73 Å². The van der Waals surface area contributed by atoms with E-state index in [1.165, 1.54) is 0 Å². The Morgan fingerprint density at radius 1 is 1.47 bits per heavy atom. The number of aryl methyl sites for hydroxylation is 3. The summed E-state index contributed by atoms with van der Waals surface area (Å²) < 4.78 is 7.62. The number of aromatic nitrogens is 2. The molecule has 1 unspecified atom stereocenters. The van der Waals surface area contributed by atoms with Crippen molar-refractivity contribution >= 4 is 0 Å². The van der Waals surface area contributed by atoms with Crippen molar-refractivity contribution in [1.82, 2.24) is 9.55 Å². The lowest BCUT2D eigenvalue weighted by atomic mass is 10.1. The molecular formula is C13H19N3O. The number of nitrogens with zero attached hydrogens (tertiary/aromatic N) is 2. The first-order chi connectivity index (χ1) is 8.11. The standard InChI is InChI=1S/C13H19N3O/c1-4-16-6-5-15-13(16)8-12(14)11-7-9(2)17-10(11)3/h5-7,12H,4,8,14H2,1-3H3. The minimum atomic E-state index is -0.0554. The van der Waals surface area contributed by atoms with Crippen molar-refractivity contribution in [3.63, 3.8) is 0 Å². The van der Waals surface area contributed by atoms with E-state index in [1.54, 1.807) is 0 Å². The average molecular weight is 233 g/mol. The Kier molecular flexibility index (Phi) is 3.33. The van der Waals surface area contributed by atoms with Crippen LogP contribution >= 0.6 is 0 Å². The van der Waals surface area contributed by atoms with Crippen molar-refractivity contribution in [2.45, 2.75) is 39.8 Å². The third-order valence-corrected chi connectivity index (χ3v) is 3.02. The molecule has 0 aliphatic heterocycles. The predicted octanol–water partition coefficient (Wildman–Crippen LogP) is 2.36. The third kappa shape index (κ3) is 2.42. The molecule has 0 amide bonds. The first-order valence-electron chi connectivity index (χ1n) is 5.94. The summed E-state index contributed by atoms with van der Waals surface area (Å²) in [7, 11) is 0.